The highest BCUT2D eigenvalue weighted by molar-refractivity contribution is 9.10. The number of nitrogens with zero attached hydrogens (tertiary/aromatic N) is 1. The molecule has 1 aromatic heterocycles. The lowest BCUT2D eigenvalue weighted by molar-refractivity contribution is 0.468. The lowest BCUT2D eigenvalue weighted by Crippen LogP contribution is -2.21. The fourth-order valence-corrected chi connectivity index (χ4v) is 4.50. The van der Waals surface area contributed by atoms with E-state index in [2.05, 4.69) is 31.5 Å². The summed E-state index contributed by atoms with van der Waals surface area (Å²) < 4.78 is 15.4. The summed E-state index contributed by atoms with van der Waals surface area (Å²) in [4.78, 5) is 3.25. The van der Waals surface area contributed by atoms with Crippen LogP contribution in [-0.4, -0.2) is 25.3 Å². The third-order valence-electron chi connectivity index (χ3n) is 3.40. The lowest BCUT2D eigenvalue weighted by atomic mass is 10.1. The SMILES string of the molecule is O=S1CCC(n2c(=S)[nH]c3cc(Br)ccc32)CC1. The number of imidazole rings is 1. The van der Waals surface area contributed by atoms with Crippen LogP contribution in [0.2, 0.25) is 0 Å². The molecule has 0 unspecified atom stereocenters. The minimum absolute atomic E-state index is 0.380. The summed E-state index contributed by atoms with van der Waals surface area (Å²) in [5, 5.41) is 0. The summed E-state index contributed by atoms with van der Waals surface area (Å²) >= 11 is 8.89. The first-order valence-corrected chi connectivity index (χ1v) is 8.59. The van der Waals surface area contributed by atoms with Gasteiger partial charge in [-0.05, 0) is 43.3 Å². The van der Waals surface area contributed by atoms with Crippen LogP contribution < -0.4 is 0 Å². The van der Waals surface area contributed by atoms with Crippen LogP contribution in [0.4, 0.5) is 0 Å². The summed E-state index contributed by atoms with van der Waals surface area (Å²) in [7, 11) is -0.632. The van der Waals surface area contributed by atoms with Crippen molar-refractivity contribution in [3.63, 3.8) is 0 Å². The first-order chi connectivity index (χ1) is 8.65. The van der Waals surface area contributed by atoms with Crippen molar-refractivity contribution in [3.8, 4) is 0 Å². The number of halogens is 1. The summed E-state index contributed by atoms with van der Waals surface area (Å²) in [6.07, 6.45) is 1.90. The molecule has 1 aliphatic rings. The predicted molar refractivity (Wildman–Crippen MR) is 81.0 cm³/mol. The van der Waals surface area contributed by atoms with Gasteiger partial charge in [0.15, 0.2) is 4.77 Å². The number of fused-ring (bicyclic) bond motifs is 1. The topological polar surface area (TPSA) is 37.8 Å². The maximum atomic E-state index is 11.4. The molecule has 0 spiro atoms. The Balaban J connectivity index is 2.08. The Kier molecular flexibility index (Phi) is 3.42. The molecule has 0 aliphatic carbocycles. The summed E-state index contributed by atoms with van der Waals surface area (Å²) in [5.41, 5.74) is 2.20. The van der Waals surface area contributed by atoms with Gasteiger partial charge >= 0.3 is 0 Å². The normalized spacial score (nSPS) is 24.5. The van der Waals surface area contributed by atoms with E-state index in [1.807, 2.05) is 12.1 Å². The van der Waals surface area contributed by atoms with Crippen LogP contribution >= 0.6 is 28.1 Å². The molecule has 0 saturated carbocycles. The molecule has 1 fully saturated rings. The van der Waals surface area contributed by atoms with Gasteiger partial charge in [0, 0.05) is 32.8 Å². The highest BCUT2D eigenvalue weighted by Crippen LogP contribution is 2.28. The number of nitrogens with one attached hydrogen (secondary N) is 1. The molecule has 2 aromatic rings. The van der Waals surface area contributed by atoms with Gasteiger partial charge in [0.25, 0.3) is 0 Å². The molecule has 0 radical (unpaired) electrons. The minimum Gasteiger partial charge on any atom is -0.331 e. The smallest absolute Gasteiger partial charge is 0.178 e. The van der Waals surface area contributed by atoms with Crippen molar-refractivity contribution in [2.45, 2.75) is 18.9 Å². The second-order valence-electron chi connectivity index (χ2n) is 4.54. The van der Waals surface area contributed by atoms with Crippen LogP contribution in [0.1, 0.15) is 18.9 Å². The zero-order chi connectivity index (χ0) is 12.7. The van der Waals surface area contributed by atoms with Gasteiger partial charge in [-0.1, -0.05) is 15.9 Å². The van der Waals surface area contributed by atoms with Crippen LogP contribution in [0, 0.1) is 4.77 Å². The van der Waals surface area contributed by atoms with Gasteiger partial charge < -0.3 is 9.55 Å². The van der Waals surface area contributed by atoms with E-state index in [1.165, 1.54) is 0 Å². The van der Waals surface area contributed by atoms with Gasteiger partial charge in [0.2, 0.25) is 0 Å². The maximum Gasteiger partial charge on any atom is 0.178 e. The zero-order valence-corrected chi connectivity index (χ0v) is 12.9. The predicted octanol–water partition coefficient (Wildman–Crippen LogP) is 3.54. The van der Waals surface area contributed by atoms with Crippen molar-refractivity contribution in [2.75, 3.05) is 11.5 Å². The van der Waals surface area contributed by atoms with Crippen molar-refractivity contribution in [2.24, 2.45) is 0 Å². The van der Waals surface area contributed by atoms with E-state index in [4.69, 9.17) is 12.2 Å². The fourth-order valence-electron chi connectivity index (χ4n) is 2.51. The van der Waals surface area contributed by atoms with Gasteiger partial charge in [0.05, 0.1) is 11.0 Å². The third kappa shape index (κ3) is 2.21. The van der Waals surface area contributed by atoms with Gasteiger partial charge in [-0.25, -0.2) is 0 Å². The van der Waals surface area contributed by atoms with E-state index in [0.717, 1.165) is 44.6 Å². The van der Waals surface area contributed by atoms with Crippen LogP contribution in [0.3, 0.4) is 0 Å². The van der Waals surface area contributed by atoms with Crippen molar-refractivity contribution < 1.29 is 4.21 Å². The highest BCUT2D eigenvalue weighted by Gasteiger charge is 2.21. The van der Waals surface area contributed by atoms with Gasteiger partial charge in [-0.15, -0.1) is 0 Å². The molecule has 2 heterocycles. The number of aromatic amines is 1. The Hall–Kier alpha value is -0.460. The number of aromatic nitrogens is 2. The van der Waals surface area contributed by atoms with Crippen LogP contribution in [-0.2, 0) is 10.8 Å². The number of hydrogen-bond donors (Lipinski definition) is 1. The third-order valence-corrected chi connectivity index (χ3v) is 5.58. The number of benzene rings is 1. The average molecular weight is 345 g/mol. The summed E-state index contributed by atoms with van der Waals surface area (Å²) in [5.74, 6) is 1.57. The molecule has 0 atom stereocenters. The largest absolute Gasteiger partial charge is 0.331 e. The molecule has 1 aromatic carbocycles. The second kappa shape index (κ2) is 4.90. The van der Waals surface area contributed by atoms with Crippen molar-refractivity contribution in [3.05, 3.63) is 27.4 Å². The van der Waals surface area contributed by atoms with E-state index in [0.29, 0.717) is 6.04 Å². The Morgan fingerprint density at radius 3 is 2.83 bits per heavy atom. The number of hydrogen-bond acceptors (Lipinski definition) is 2. The van der Waals surface area contributed by atoms with E-state index in [1.54, 1.807) is 0 Å². The molecule has 0 bridgehead atoms. The van der Waals surface area contributed by atoms with Crippen molar-refractivity contribution in [1.29, 1.82) is 0 Å². The summed E-state index contributed by atoms with van der Waals surface area (Å²) in [6, 6.07) is 6.53. The van der Waals surface area contributed by atoms with Crippen molar-refractivity contribution in [1.82, 2.24) is 9.55 Å². The minimum atomic E-state index is -0.632. The molecule has 96 valence electrons. The van der Waals surface area contributed by atoms with Crippen LogP contribution in [0.25, 0.3) is 11.0 Å². The van der Waals surface area contributed by atoms with E-state index in [9.17, 15) is 4.21 Å². The lowest BCUT2D eigenvalue weighted by Gasteiger charge is -2.23. The van der Waals surface area contributed by atoms with E-state index in [-0.39, 0.29) is 0 Å². The average Bonchev–Trinajstić information content (AvgIpc) is 2.65. The zero-order valence-electron chi connectivity index (χ0n) is 9.69. The summed E-state index contributed by atoms with van der Waals surface area (Å²) in [6.45, 7) is 0. The highest BCUT2D eigenvalue weighted by atomic mass is 79.9. The first-order valence-electron chi connectivity index (χ1n) is 5.90. The molecule has 6 heteroatoms. The Morgan fingerprint density at radius 2 is 2.11 bits per heavy atom. The van der Waals surface area contributed by atoms with E-state index < -0.39 is 10.8 Å². The Labute approximate surface area is 121 Å². The van der Waals surface area contributed by atoms with Gasteiger partial charge in [0.1, 0.15) is 0 Å². The molecule has 1 N–H and O–H groups in total. The van der Waals surface area contributed by atoms with Crippen LogP contribution in [0.5, 0.6) is 0 Å². The van der Waals surface area contributed by atoms with E-state index >= 15 is 0 Å². The molecular weight excluding hydrogens is 332 g/mol. The first kappa shape index (κ1) is 12.6. The Morgan fingerprint density at radius 1 is 1.39 bits per heavy atom. The van der Waals surface area contributed by atoms with Gasteiger partial charge in [-0.3, -0.25) is 4.21 Å². The molecule has 1 aliphatic heterocycles. The number of rotatable bonds is 1. The van der Waals surface area contributed by atoms with Gasteiger partial charge in [-0.2, -0.15) is 0 Å². The quantitative estimate of drug-likeness (QED) is 0.803. The molecule has 3 rings (SSSR count). The standard InChI is InChI=1S/C12H13BrN2OS2/c13-8-1-2-11-10(7-8)14-12(17)15(11)9-3-5-18(16)6-4-9/h1-2,7,9H,3-6H2,(H,14,17). The molecule has 1 saturated heterocycles. The molecule has 3 nitrogen and oxygen atoms in total. The Bertz CT molecular complexity index is 666. The monoisotopic (exact) mass is 344 g/mol. The maximum absolute atomic E-state index is 11.4. The van der Waals surface area contributed by atoms with Crippen molar-refractivity contribution >= 4 is 50.0 Å². The molecule has 18 heavy (non-hydrogen) atoms. The molecule has 0 amide bonds. The second-order valence-corrected chi connectivity index (χ2v) is 7.54. The molecular formula is C12H13BrN2OS2. The number of H-pyrrole nitrogens is 1. The fraction of sp³-hybridized carbons (Fsp3) is 0.417. The van der Waals surface area contributed by atoms with Crippen LogP contribution in [0.15, 0.2) is 22.7 Å².